The number of phenolic OH excluding ortho intramolecular Hbond substituents is 1. The molecule has 0 aliphatic carbocycles. The molecule has 0 bridgehead atoms. The molecule has 6 atom stereocenters. The zero-order valence-electron chi connectivity index (χ0n) is 30.7. The van der Waals surface area contributed by atoms with E-state index in [2.05, 4.69) is 33.2 Å². The Kier molecular flexibility index (Phi) is 21.5. The molecule has 0 unspecified atom stereocenters. The van der Waals surface area contributed by atoms with Crippen LogP contribution in [-0.4, -0.2) is 95.1 Å². The monoisotopic (exact) mass is 732 g/mol. The Morgan fingerprint density at radius 3 is 1.62 bits per heavy atom. The van der Waals surface area contributed by atoms with Crippen molar-refractivity contribution in [1.82, 2.24) is 26.6 Å². The van der Waals surface area contributed by atoms with E-state index in [0.29, 0.717) is 37.9 Å². The smallest absolute Gasteiger partial charge is 0.326 e. The zero-order valence-corrected chi connectivity index (χ0v) is 30.7. The molecule has 0 radical (unpaired) electrons. The summed E-state index contributed by atoms with van der Waals surface area (Å²) in [6.45, 7) is 9.63. The fraction of sp³-hybridized carbons (Fsp3) is 0.611. The number of hydrogen-bond acceptors (Lipinski definition) is 10. The number of nitrogens with two attached hydrogens (primary N) is 3. The van der Waals surface area contributed by atoms with E-state index >= 15 is 0 Å². The van der Waals surface area contributed by atoms with Gasteiger partial charge < -0.3 is 54.0 Å². The van der Waals surface area contributed by atoms with Gasteiger partial charge in [-0.2, -0.15) is 0 Å². The van der Waals surface area contributed by atoms with Crippen molar-refractivity contribution in [2.75, 3.05) is 13.1 Å². The van der Waals surface area contributed by atoms with Crippen molar-refractivity contribution in [3.05, 3.63) is 42.5 Å². The van der Waals surface area contributed by atoms with Crippen molar-refractivity contribution in [1.29, 1.82) is 0 Å². The number of phenols is 1. The molecular formula is C36H60N8O8. The normalized spacial score (nSPS) is 14.5. The average molecular weight is 733 g/mol. The maximum Gasteiger partial charge on any atom is 0.326 e. The first-order chi connectivity index (χ1) is 24.6. The molecule has 16 nitrogen and oxygen atoms in total. The van der Waals surface area contributed by atoms with Crippen LogP contribution in [-0.2, 0) is 35.2 Å². The molecule has 13 N–H and O–H groups in total. The van der Waals surface area contributed by atoms with Gasteiger partial charge in [-0.15, -0.1) is 6.58 Å². The van der Waals surface area contributed by atoms with E-state index in [-0.39, 0.29) is 43.8 Å². The summed E-state index contributed by atoms with van der Waals surface area (Å²) in [5, 5.41) is 32.6. The van der Waals surface area contributed by atoms with Gasteiger partial charge in [0.2, 0.25) is 29.5 Å². The lowest BCUT2D eigenvalue weighted by Gasteiger charge is -2.27. The van der Waals surface area contributed by atoms with Crippen LogP contribution in [0.3, 0.4) is 0 Å². The van der Waals surface area contributed by atoms with Crippen molar-refractivity contribution in [3.8, 4) is 5.75 Å². The molecule has 0 heterocycles. The molecule has 1 rings (SSSR count). The number of carboxylic acid groups (broad SMARTS) is 1. The molecule has 1 aromatic rings. The summed E-state index contributed by atoms with van der Waals surface area (Å²) in [5.41, 5.74) is 17.5. The Labute approximate surface area is 306 Å². The number of amides is 5. The lowest BCUT2D eigenvalue weighted by Crippen LogP contribution is -2.59. The largest absolute Gasteiger partial charge is 0.508 e. The number of benzene rings is 1. The highest BCUT2D eigenvalue weighted by atomic mass is 16.4. The number of aliphatic carboxylic acids is 1. The maximum atomic E-state index is 13.7. The number of aromatic hydroxyl groups is 1. The average Bonchev–Trinajstić information content (AvgIpc) is 3.08. The fourth-order valence-electron chi connectivity index (χ4n) is 5.26. The molecule has 0 aromatic heterocycles. The van der Waals surface area contributed by atoms with Gasteiger partial charge in [0.05, 0.1) is 6.04 Å². The third-order valence-corrected chi connectivity index (χ3v) is 8.19. The van der Waals surface area contributed by atoms with Crippen LogP contribution in [0, 0.1) is 5.92 Å². The van der Waals surface area contributed by atoms with Gasteiger partial charge in [0.15, 0.2) is 0 Å². The van der Waals surface area contributed by atoms with Crippen LogP contribution in [0.25, 0.3) is 0 Å². The Balaban J connectivity index is 3.29. The number of hydrogen-bond donors (Lipinski definition) is 10. The number of rotatable bonds is 26. The lowest BCUT2D eigenvalue weighted by atomic mass is 10.0. The van der Waals surface area contributed by atoms with Gasteiger partial charge in [-0.25, -0.2) is 4.79 Å². The second-order valence-corrected chi connectivity index (χ2v) is 13.4. The second-order valence-electron chi connectivity index (χ2n) is 13.4. The molecule has 0 fully saturated rings. The SMILES string of the molecule is C=CC[C@H](NC(=O)[C@H](CCCCN)NC(=O)[C@H](CCCCCN)NC(=O)[C@H](C)N)C(=O)N[C@@H](Cc1ccc(O)cc1)C(=O)N[C@@H](CC(C)C)C(=O)O. The quantitative estimate of drug-likeness (QED) is 0.0449. The van der Waals surface area contributed by atoms with E-state index in [4.69, 9.17) is 17.2 Å². The summed E-state index contributed by atoms with van der Waals surface area (Å²) >= 11 is 0. The number of unbranched alkanes of at least 4 members (excludes halogenated alkanes) is 3. The number of nitrogens with one attached hydrogen (secondary N) is 5. The second kappa shape index (κ2) is 24.6. The van der Waals surface area contributed by atoms with E-state index in [1.54, 1.807) is 12.1 Å². The van der Waals surface area contributed by atoms with Crippen LogP contribution in [0.5, 0.6) is 5.75 Å². The first kappa shape index (κ1) is 45.5. The van der Waals surface area contributed by atoms with Gasteiger partial charge in [0, 0.05) is 6.42 Å². The minimum absolute atomic E-state index is 0.00670. The Morgan fingerprint density at radius 1 is 0.673 bits per heavy atom. The van der Waals surface area contributed by atoms with E-state index in [1.165, 1.54) is 25.1 Å². The Hall–Kier alpha value is -4.54. The van der Waals surface area contributed by atoms with Crippen molar-refractivity contribution in [2.24, 2.45) is 23.1 Å². The van der Waals surface area contributed by atoms with Gasteiger partial charge in [-0.1, -0.05) is 44.9 Å². The number of carbonyl (C=O) groups is 6. The minimum Gasteiger partial charge on any atom is -0.508 e. The molecule has 0 saturated heterocycles. The third-order valence-electron chi connectivity index (χ3n) is 8.19. The van der Waals surface area contributed by atoms with Gasteiger partial charge in [-0.3, -0.25) is 24.0 Å². The van der Waals surface area contributed by atoms with E-state index in [1.807, 2.05) is 13.8 Å². The van der Waals surface area contributed by atoms with Crippen LogP contribution in [0.1, 0.15) is 84.1 Å². The molecule has 0 aliphatic heterocycles. The minimum atomic E-state index is -1.26. The third kappa shape index (κ3) is 17.6. The van der Waals surface area contributed by atoms with Crippen molar-refractivity contribution in [2.45, 2.75) is 121 Å². The first-order valence-electron chi connectivity index (χ1n) is 17.9. The molecule has 1 aromatic carbocycles. The predicted molar refractivity (Wildman–Crippen MR) is 197 cm³/mol. The molecule has 52 heavy (non-hydrogen) atoms. The van der Waals surface area contributed by atoms with E-state index in [9.17, 15) is 39.0 Å². The van der Waals surface area contributed by atoms with Crippen LogP contribution in [0.4, 0.5) is 0 Å². The van der Waals surface area contributed by atoms with Crippen molar-refractivity contribution < 1.29 is 39.0 Å². The van der Waals surface area contributed by atoms with Crippen LogP contribution in [0.15, 0.2) is 36.9 Å². The molecule has 0 spiro atoms. The molecule has 5 amide bonds. The first-order valence-corrected chi connectivity index (χ1v) is 17.9. The summed E-state index contributed by atoms with van der Waals surface area (Å²) < 4.78 is 0. The fourth-order valence-corrected chi connectivity index (χ4v) is 5.26. The summed E-state index contributed by atoms with van der Waals surface area (Å²) in [4.78, 5) is 78.7. The van der Waals surface area contributed by atoms with Gasteiger partial charge >= 0.3 is 5.97 Å². The standard InChI is InChI=1S/C36H60N8O8/c1-5-11-26(32(47)43-29(21-24-14-16-25(45)17-15-24)35(50)44-30(36(51)52)20-22(2)3)41-34(49)28(13-8-10-19-38)42-33(48)27(12-7-6-9-18-37)40-31(46)23(4)39/h5,14-17,22-23,26-30,45H,1,6-13,18-21,37-39H2,2-4H3,(H,40,46)(H,41,49)(H,42,48)(H,43,47)(H,44,50)(H,51,52)/t23-,26-,27-,28-,29-,30-/m0/s1. The predicted octanol–water partition coefficient (Wildman–Crippen LogP) is 0.0608. The summed E-state index contributed by atoms with van der Waals surface area (Å²) in [7, 11) is 0. The van der Waals surface area contributed by atoms with Crippen LogP contribution in [0.2, 0.25) is 0 Å². The van der Waals surface area contributed by atoms with Gasteiger partial charge in [0.1, 0.15) is 36.0 Å². The van der Waals surface area contributed by atoms with Gasteiger partial charge in [0.25, 0.3) is 0 Å². The van der Waals surface area contributed by atoms with Gasteiger partial charge in [-0.05, 0) is 88.6 Å². The molecule has 16 heteroatoms. The van der Waals surface area contributed by atoms with E-state index in [0.717, 1.165) is 12.8 Å². The highest BCUT2D eigenvalue weighted by molar-refractivity contribution is 5.96. The number of carbonyl (C=O) groups excluding carboxylic acids is 5. The molecule has 292 valence electrons. The highest BCUT2D eigenvalue weighted by Crippen LogP contribution is 2.13. The molecule has 0 saturated carbocycles. The van der Waals surface area contributed by atoms with Crippen molar-refractivity contribution >= 4 is 35.5 Å². The van der Waals surface area contributed by atoms with Crippen molar-refractivity contribution in [3.63, 3.8) is 0 Å². The summed E-state index contributed by atoms with van der Waals surface area (Å²) in [6.07, 6.45) is 5.00. The van der Waals surface area contributed by atoms with Crippen LogP contribution < -0.4 is 43.8 Å². The summed E-state index contributed by atoms with van der Waals surface area (Å²) in [6, 6.07) is -0.709. The van der Waals surface area contributed by atoms with Crippen LogP contribution >= 0.6 is 0 Å². The van der Waals surface area contributed by atoms with E-state index < -0.39 is 71.8 Å². The zero-order chi connectivity index (χ0) is 39.2. The Morgan fingerprint density at radius 2 is 1.12 bits per heavy atom. The molecular weight excluding hydrogens is 672 g/mol. The topological polar surface area (TPSA) is 281 Å². The Bertz CT molecular complexity index is 1310. The highest BCUT2D eigenvalue weighted by Gasteiger charge is 2.32. The summed E-state index contributed by atoms with van der Waals surface area (Å²) in [5.74, 6) is -4.61. The lowest BCUT2D eigenvalue weighted by molar-refractivity contribution is -0.142. The number of carboxylic acids is 1. The molecule has 0 aliphatic rings. The maximum absolute atomic E-state index is 13.7.